The Bertz CT molecular complexity index is 819. The Morgan fingerprint density at radius 2 is 1.81 bits per heavy atom. The molecule has 0 saturated carbocycles. The lowest BCUT2D eigenvalue weighted by atomic mass is 10.1. The number of amides is 1. The molecule has 0 atom stereocenters. The van der Waals surface area contributed by atoms with Gasteiger partial charge in [0, 0.05) is 12.1 Å². The lowest BCUT2D eigenvalue weighted by Crippen LogP contribution is -2.17. The van der Waals surface area contributed by atoms with Crippen molar-refractivity contribution in [2.75, 3.05) is 18.5 Å². The number of nitrogens with one attached hydrogen (secondary N) is 1. The van der Waals surface area contributed by atoms with Crippen LogP contribution in [0.15, 0.2) is 36.4 Å². The number of carboxylic acids is 1. The summed E-state index contributed by atoms with van der Waals surface area (Å²) in [6.45, 7) is 0.905. The molecule has 26 heavy (non-hydrogen) atoms. The van der Waals surface area contributed by atoms with Gasteiger partial charge in [-0.1, -0.05) is 23.7 Å². The minimum atomic E-state index is -0.833. The van der Waals surface area contributed by atoms with Crippen molar-refractivity contribution in [2.45, 2.75) is 19.3 Å². The second-order valence-electron chi connectivity index (χ2n) is 5.92. The third-order valence-electron chi connectivity index (χ3n) is 3.89. The summed E-state index contributed by atoms with van der Waals surface area (Å²) >= 11 is 6.18. The summed E-state index contributed by atoms with van der Waals surface area (Å²) in [6.07, 6.45) is 0.687. The number of carbonyl (C=O) groups is 2. The summed E-state index contributed by atoms with van der Waals surface area (Å²) in [5.41, 5.74) is 2.29. The van der Waals surface area contributed by atoms with Gasteiger partial charge in [0.2, 0.25) is 5.91 Å². The molecule has 0 unspecified atom stereocenters. The summed E-state index contributed by atoms with van der Waals surface area (Å²) in [4.78, 5) is 22.8. The number of ether oxygens (including phenoxy) is 2. The molecule has 2 N–H and O–H groups in total. The highest BCUT2D eigenvalue weighted by molar-refractivity contribution is 6.32. The number of aryl methyl sites for hydroxylation is 1. The van der Waals surface area contributed by atoms with Gasteiger partial charge in [0.25, 0.3) is 0 Å². The summed E-state index contributed by atoms with van der Waals surface area (Å²) in [7, 11) is 0. The largest absolute Gasteiger partial charge is 0.486 e. The average Bonchev–Trinajstić information content (AvgIpc) is 2.61. The summed E-state index contributed by atoms with van der Waals surface area (Å²) in [5.74, 6) is 0.0462. The molecule has 7 heteroatoms. The first kappa shape index (κ1) is 18.1. The zero-order valence-corrected chi connectivity index (χ0v) is 14.7. The molecule has 0 aliphatic carbocycles. The third kappa shape index (κ3) is 4.67. The molecule has 6 nitrogen and oxygen atoms in total. The lowest BCUT2D eigenvalue weighted by molar-refractivity contribution is -0.137. The van der Waals surface area contributed by atoms with Crippen LogP contribution in [0.5, 0.6) is 11.5 Å². The molecule has 136 valence electrons. The molecule has 3 rings (SSSR count). The number of hydrogen-bond donors (Lipinski definition) is 2. The van der Waals surface area contributed by atoms with Crippen LogP contribution >= 0.6 is 11.6 Å². The first-order valence-corrected chi connectivity index (χ1v) is 8.57. The molecule has 1 aliphatic rings. The highest BCUT2D eigenvalue weighted by Gasteiger charge is 2.17. The molecule has 2 aromatic carbocycles. The topological polar surface area (TPSA) is 84.9 Å². The molecule has 0 fully saturated rings. The maximum Gasteiger partial charge on any atom is 0.303 e. The highest BCUT2D eigenvalue weighted by atomic mass is 35.5. The molecule has 0 aromatic heterocycles. The fourth-order valence-corrected chi connectivity index (χ4v) is 2.95. The van der Waals surface area contributed by atoms with E-state index in [1.54, 1.807) is 36.4 Å². The standard InChI is InChI=1S/C19H18ClNO5/c20-15-9-13(10-16-19(15)26-8-7-25-16)11-17(22)21-14-4-1-12(2-5-14)3-6-18(23)24/h1-2,4-5,9-10H,3,6-8,11H2,(H,21,22)(H,23,24). The van der Waals surface area contributed by atoms with E-state index in [-0.39, 0.29) is 18.7 Å². The van der Waals surface area contributed by atoms with Crippen molar-refractivity contribution in [3.8, 4) is 11.5 Å². The first-order chi connectivity index (χ1) is 12.5. The van der Waals surface area contributed by atoms with Gasteiger partial charge < -0.3 is 19.9 Å². The quantitative estimate of drug-likeness (QED) is 0.809. The number of anilines is 1. The normalized spacial score (nSPS) is 12.5. The minimum Gasteiger partial charge on any atom is -0.486 e. The third-order valence-corrected chi connectivity index (χ3v) is 4.17. The molecule has 1 amide bonds. The first-order valence-electron chi connectivity index (χ1n) is 8.20. The molecule has 0 radical (unpaired) electrons. The maximum atomic E-state index is 12.3. The predicted molar refractivity (Wildman–Crippen MR) is 97.2 cm³/mol. The van der Waals surface area contributed by atoms with E-state index in [0.717, 1.165) is 11.1 Å². The Hall–Kier alpha value is -2.73. The molecule has 1 heterocycles. The van der Waals surface area contributed by atoms with Crippen LogP contribution in [0.4, 0.5) is 5.69 Å². The number of carboxylic acid groups (broad SMARTS) is 1. The second kappa shape index (κ2) is 8.10. The van der Waals surface area contributed by atoms with Crippen molar-refractivity contribution in [2.24, 2.45) is 0 Å². The fraction of sp³-hybridized carbons (Fsp3) is 0.263. The molecular weight excluding hydrogens is 358 g/mol. The Kier molecular flexibility index (Phi) is 5.63. The van der Waals surface area contributed by atoms with Crippen molar-refractivity contribution < 1.29 is 24.2 Å². The van der Waals surface area contributed by atoms with Gasteiger partial charge in [0.1, 0.15) is 13.2 Å². The van der Waals surface area contributed by atoms with Crippen LogP contribution in [0.3, 0.4) is 0 Å². The molecule has 0 bridgehead atoms. The van der Waals surface area contributed by atoms with E-state index in [4.69, 9.17) is 26.2 Å². The fourth-order valence-electron chi connectivity index (χ4n) is 2.66. The number of benzene rings is 2. The molecule has 0 saturated heterocycles. The number of fused-ring (bicyclic) bond motifs is 1. The van der Waals surface area contributed by atoms with Crippen LogP contribution in [-0.4, -0.2) is 30.2 Å². The molecular formula is C19H18ClNO5. The smallest absolute Gasteiger partial charge is 0.303 e. The van der Waals surface area contributed by atoms with Crippen LogP contribution in [0.25, 0.3) is 0 Å². The molecule has 0 spiro atoms. The number of carbonyl (C=O) groups excluding carboxylic acids is 1. The van der Waals surface area contributed by atoms with Gasteiger partial charge >= 0.3 is 5.97 Å². The number of hydrogen-bond acceptors (Lipinski definition) is 4. The van der Waals surface area contributed by atoms with Crippen molar-refractivity contribution in [3.63, 3.8) is 0 Å². The van der Waals surface area contributed by atoms with Crippen molar-refractivity contribution in [3.05, 3.63) is 52.5 Å². The summed E-state index contributed by atoms with van der Waals surface area (Å²) in [5, 5.41) is 11.9. The average molecular weight is 376 g/mol. The van der Waals surface area contributed by atoms with Gasteiger partial charge in [0.05, 0.1) is 11.4 Å². The Morgan fingerprint density at radius 1 is 1.08 bits per heavy atom. The summed E-state index contributed by atoms with van der Waals surface area (Å²) < 4.78 is 11.0. The van der Waals surface area contributed by atoms with Crippen LogP contribution in [0, 0.1) is 0 Å². The predicted octanol–water partition coefficient (Wildman–Crippen LogP) is 3.31. The lowest BCUT2D eigenvalue weighted by Gasteiger charge is -2.20. The Morgan fingerprint density at radius 3 is 2.54 bits per heavy atom. The Balaban J connectivity index is 1.60. The molecule has 2 aromatic rings. The highest BCUT2D eigenvalue weighted by Crippen LogP contribution is 2.38. The van der Waals surface area contributed by atoms with E-state index in [1.165, 1.54) is 0 Å². The van der Waals surface area contributed by atoms with Crippen LogP contribution in [-0.2, 0) is 22.4 Å². The van der Waals surface area contributed by atoms with Crippen LogP contribution in [0.1, 0.15) is 17.5 Å². The van der Waals surface area contributed by atoms with E-state index >= 15 is 0 Å². The minimum absolute atomic E-state index is 0.0799. The van der Waals surface area contributed by atoms with Crippen molar-refractivity contribution >= 4 is 29.2 Å². The van der Waals surface area contributed by atoms with Crippen molar-refractivity contribution in [1.82, 2.24) is 0 Å². The van der Waals surface area contributed by atoms with Crippen LogP contribution < -0.4 is 14.8 Å². The van der Waals surface area contributed by atoms with Gasteiger partial charge in [-0.15, -0.1) is 0 Å². The second-order valence-corrected chi connectivity index (χ2v) is 6.32. The van der Waals surface area contributed by atoms with E-state index in [1.807, 2.05) is 0 Å². The maximum absolute atomic E-state index is 12.3. The number of rotatable bonds is 6. The van der Waals surface area contributed by atoms with Crippen LogP contribution in [0.2, 0.25) is 5.02 Å². The number of halogens is 1. The van der Waals surface area contributed by atoms with Gasteiger partial charge in [-0.2, -0.15) is 0 Å². The van der Waals surface area contributed by atoms with E-state index in [9.17, 15) is 9.59 Å². The summed E-state index contributed by atoms with van der Waals surface area (Å²) in [6, 6.07) is 10.6. The number of aliphatic carboxylic acids is 1. The SMILES string of the molecule is O=C(O)CCc1ccc(NC(=O)Cc2cc(Cl)c3c(c2)OCCO3)cc1. The Labute approximate surface area is 155 Å². The zero-order chi connectivity index (χ0) is 18.5. The van der Waals surface area contributed by atoms with E-state index in [2.05, 4.69) is 5.32 Å². The van der Waals surface area contributed by atoms with E-state index in [0.29, 0.717) is 41.8 Å². The van der Waals surface area contributed by atoms with Gasteiger partial charge in [-0.05, 0) is 41.8 Å². The van der Waals surface area contributed by atoms with Gasteiger partial charge in [0.15, 0.2) is 11.5 Å². The molecule has 1 aliphatic heterocycles. The van der Waals surface area contributed by atoms with Gasteiger partial charge in [-0.25, -0.2) is 0 Å². The van der Waals surface area contributed by atoms with Crippen molar-refractivity contribution in [1.29, 1.82) is 0 Å². The van der Waals surface area contributed by atoms with Gasteiger partial charge in [-0.3, -0.25) is 9.59 Å². The van der Waals surface area contributed by atoms with E-state index < -0.39 is 5.97 Å². The zero-order valence-electron chi connectivity index (χ0n) is 14.0. The monoisotopic (exact) mass is 375 g/mol.